The Kier molecular flexibility index (Phi) is 4.20. The van der Waals surface area contributed by atoms with Gasteiger partial charge in [-0.15, -0.1) is 0 Å². The molecule has 1 aliphatic carbocycles. The summed E-state index contributed by atoms with van der Waals surface area (Å²) in [6.45, 7) is 5.53. The van der Waals surface area contributed by atoms with Gasteiger partial charge in [-0.3, -0.25) is 4.90 Å². The number of nitrogens with one attached hydrogen (secondary N) is 1. The van der Waals surface area contributed by atoms with Crippen molar-refractivity contribution in [3.8, 4) is 6.07 Å². The van der Waals surface area contributed by atoms with Crippen LogP contribution in [-0.4, -0.2) is 36.6 Å². The summed E-state index contributed by atoms with van der Waals surface area (Å²) >= 11 is 0. The SMILES string of the molecule is CCC(C#N)N1CCC(CNC2CC2)CC1. The molecule has 0 bridgehead atoms. The molecular weight excluding hydrogens is 198 g/mol. The lowest BCUT2D eigenvalue weighted by Gasteiger charge is -2.34. The molecule has 0 radical (unpaired) electrons. The molecule has 1 N–H and O–H groups in total. The van der Waals surface area contributed by atoms with Crippen LogP contribution in [0.5, 0.6) is 0 Å². The smallest absolute Gasteiger partial charge is 0.0975 e. The van der Waals surface area contributed by atoms with E-state index in [9.17, 15) is 0 Å². The summed E-state index contributed by atoms with van der Waals surface area (Å²) in [5, 5.41) is 12.6. The third-order valence-corrected chi connectivity index (χ3v) is 3.90. The van der Waals surface area contributed by atoms with Crippen molar-refractivity contribution in [3.05, 3.63) is 0 Å². The van der Waals surface area contributed by atoms with Crippen LogP contribution in [0.2, 0.25) is 0 Å². The van der Waals surface area contributed by atoms with Crippen molar-refractivity contribution in [1.29, 1.82) is 5.26 Å². The van der Waals surface area contributed by atoms with E-state index in [-0.39, 0.29) is 6.04 Å². The van der Waals surface area contributed by atoms with Crippen molar-refractivity contribution in [1.82, 2.24) is 10.2 Å². The second kappa shape index (κ2) is 5.65. The minimum atomic E-state index is 0.150. The molecule has 2 rings (SSSR count). The fraction of sp³-hybridized carbons (Fsp3) is 0.923. The first-order chi connectivity index (χ1) is 7.83. The lowest BCUT2D eigenvalue weighted by Crippen LogP contribution is -2.42. The zero-order valence-electron chi connectivity index (χ0n) is 10.3. The molecule has 0 aromatic rings. The monoisotopic (exact) mass is 221 g/mol. The van der Waals surface area contributed by atoms with Gasteiger partial charge in [-0.25, -0.2) is 0 Å². The highest BCUT2D eigenvalue weighted by molar-refractivity contribution is 4.93. The Morgan fingerprint density at radius 2 is 2.00 bits per heavy atom. The molecule has 0 aromatic heterocycles. The van der Waals surface area contributed by atoms with Crippen molar-refractivity contribution < 1.29 is 0 Å². The van der Waals surface area contributed by atoms with Crippen LogP contribution in [0.25, 0.3) is 0 Å². The van der Waals surface area contributed by atoms with Crippen LogP contribution in [0.15, 0.2) is 0 Å². The summed E-state index contributed by atoms with van der Waals surface area (Å²) in [6, 6.07) is 3.39. The fourth-order valence-electron chi connectivity index (χ4n) is 2.52. The van der Waals surface area contributed by atoms with E-state index in [2.05, 4.69) is 23.2 Å². The quantitative estimate of drug-likeness (QED) is 0.769. The minimum absolute atomic E-state index is 0.150. The van der Waals surface area contributed by atoms with Crippen LogP contribution >= 0.6 is 0 Å². The number of piperidine rings is 1. The summed E-state index contributed by atoms with van der Waals surface area (Å²) in [7, 11) is 0. The third kappa shape index (κ3) is 3.20. The molecule has 2 aliphatic rings. The van der Waals surface area contributed by atoms with Crippen LogP contribution in [0.3, 0.4) is 0 Å². The average molecular weight is 221 g/mol. The number of hydrogen-bond donors (Lipinski definition) is 1. The van der Waals surface area contributed by atoms with E-state index in [0.29, 0.717) is 0 Å². The first kappa shape index (κ1) is 11.9. The van der Waals surface area contributed by atoms with Gasteiger partial charge in [0.15, 0.2) is 0 Å². The molecule has 0 amide bonds. The molecule has 1 saturated carbocycles. The fourth-order valence-corrected chi connectivity index (χ4v) is 2.52. The number of likely N-dealkylation sites (tertiary alicyclic amines) is 1. The maximum Gasteiger partial charge on any atom is 0.0975 e. The Labute approximate surface area is 98.8 Å². The molecule has 90 valence electrons. The van der Waals surface area contributed by atoms with Gasteiger partial charge in [0, 0.05) is 6.04 Å². The van der Waals surface area contributed by atoms with E-state index < -0.39 is 0 Å². The van der Waals surface area contributed by atoms with Gasteiger partial charge < -0.3 is 5.32 Å². The number of nitrogens with zero attached hydrogens (tertiary/aromatic N) is 2. The predicted molar refractivity (Wildman–Crippen MR) is 65.0 cm³/mol. The molecule has 1 aliphatic heterocycles. The standard InChI is InChI=1S/C13H23N3/c1-2-13(9-14)16-7-5-11(6-8-16)10-15-12-3-4-12/h11-13,15H,2-8,10H2,1H3. The van der Waals surface area contributed by atoms with Crippen LogP contribution in [0.4, 0.5) is 0 Å². The van der Waals surface area contributed by atoms with E-state index in [4.69, 9.17) is 5.26 Å². The van der Waals surface area contributed by atoms with Crippen LogP contribution in [-0.2, 0) is 0 Å². The molecule has 1 unspecified atom stereocenters. The largest absolute Gasteiger partial charge is 0.314 e. The van der Waals surface area contributed by atoms with E-state index in [1.54, 1.807) is 0 Å². The Hall–Kier alpha value is -0.590. The topological polar surface area (TPSA) is 39.1 Å². The number of nitriles is 1. The van der Waals surface area contributed by atoms with Crippen LogP contribution < -0.4 is 5.32 Å². The van der Waals surface area contributed by atoms with Crippen molar-refractivity contribution in [2.24, 2.45) is 5.92 Å². The Balaban J connectivity index is 1.67. The predicted octanol–water partition coefficient (Wildman–Crippen LogP) is 1.75. The second-order valence-electron chi connectivity index (χ2n) is 5.22. The summed E-state index contributed by atoms with van der Waals surface area (Å²) in [6.07, 6.45) is 6.24. The summed E-state index contributed by atoms with van der Waals surface area (Å²) in [5.74, 6) is 0.841. The van der Waals surface area contributed by atoms with E-state index >= 15 is 0 Å². The van der Waals surface area contributed by atoms with Gasteiger partial charge in [0.1, 0.15) is 0 Å². The molecule has 0 aromatic carbocycles. The molecule has 3 heteroatoms. The summed E-state index contributed by atoms with van der Waals surface area (Å²) in [4.78, 5) is 2.35. The maximum absolute atomic E-state index is 9.02. The molecule has 2 fully saturated rings. The second-order valence-corrected chi connectivity index (χ2v) is 5.22. The normalized spacial score (nSPS) is 25.2. The Morgan fingerprint density at radius 3 is 2.50 bits per heavy atom. The minimum Gasteiger partial charge on any atom is -0.314 e. The van der Waals surface area contributed by atoms with Crippen molar-refractivity contribution in [3.63, 3.8) is 0 Å². The number of rotatable bonds is 5. The lowest BCUT2D eigenvalue weighted by molar-refractivity contribution is 0.153. The van der Waals surface area contributed by atoms with E-state index in [0.717, 1.165) is 31.5 Å². The van der Waals surface area contributed by atoms with E-state index in [1.165, 1.54) is 32.2 Å². The van der Waals surface area contributed by atoms with Gasteiger partial charge in [-0.05, 0) is 57.7 Å². The molecule has 16 heavy (non-hydrogen) atoms. The van der Waals surface area contributed by atoms with Crippen LogP contribution in [0, 0.1) is 17.2 Å². The van der Waals surface area contributed by atoms with Crippen molar-refractivity contribution >= 4 is 0 Å². The number of hydrogen-bond acceptors (Lipinski definition) is 3. The third-order valence-electron chi connectivity index (χ3n) is 3.90. The highest BCUT2D eigenvalue weighted by atomic mass is 15.2. The lowest BCUT2D eigenvalue weighted by atomic mass is 9.95. The summed E-state index contributed by atoms with van der Waals surface area (Å²) in [5.41, 5.74) is 0. The molecule has 1 heterocycles. The first-order valence-electron chi connectivity index (χ1n) is 6.70. The van der Waals surface area contributed by atoms with Crippen molar-refractivity contribution in [2.45, 2.75) is 51.1 Å². The molecule has 3 nitrogen and oxygen atoms in total. The zero-order chi connectivity index (χ0) is 11.4. The Morgan fingerprint density at radius 1 is 1.31 bits per heavy atom. The van der Waals surface area contributed by atoms with Gasteiger partial charge in [-0.1, -0.05) is 6.92 Å². The van der Waals surface area contributed by atoms with Crippen molar-refractivity contribution in [2.75, 3.05) is 19.6 Å². The Bertz CT molecular complexity index is 246. The van der Waals surface area contributed by atoms with Crippen LogP contribution in [0.1, 0.15) is 39.0 Å². The highest BCUT2D eigenvalue weighted by Crippen LogP contribution is 2.22. The van der Waals surface area contributed by atoms with Gasteiger partial charge in [0.25, 0.3) is 0 Å². The molecule has 0 spiro atoms. The molecular formula is C13H23N3. The van der Waals surface area contributed by atoms with E-state index in [1.807, 2.05) is 0 Å². The molecule has 1 atom stereocenters. The van der Waals surface area contributed by atoms with Gasteiger partial charge in [0.05, 0.1) is 12.1 Å². The van der Waals surface area contributed by atoms with Gasteiger partial charge in [-0.2, -0.15) is 5.26 Å². The summed E-state index contributed by atoms with van der Waals surface area (Å²) < 4.78 is 0. The van der Waals surface area contributed by atoms with Gasteiger partial charge in [0.2, 0.25) is 0 Å². The molecule has 1 saturated heterocycles. The first-order valence-corrected chi connectivity index (χ1v) is 6.70. The maximum atomic E-state index is 9.02. The zero-order valence-corrected chi connectivity index (χ0v) is 10.3. The highest BCUT2D eigenvalue weighted by Gasteiger charge is 2.26. The van der Waals surface area contributed by atoms with Gasteiger partial charge >= 0.3 is 0 Å². The average Bonchev–Trinajstić information content (AvgIpc) is 3.13.